The Morgan fingerprint density at radius 2 is 2.06 bits per heavy atom. The van der Waals surface area contributed by atoms with E-state index in [-0.39, 0.29) is 24.3 Å². The number of aliphatic hydroxyl groups excluding tert-OH is 2. The normalized spacial score (nSPS) is 44.8. The molecule has 3 heteroatoms. The van der Waals surface area contributed by atoms with Gasteiger partial charge in [0, 0.05) is 11.6 Å². The summed E-state index contributed by atoms with van der Waals surface area (Å²) in [7, 11) is 0. The number of hydrogen-bond acceptors (Lipinski definition) is 3. The standard InChI is InChI=1S/C13H25NO2/c1-10-4-3-7-13(8-10,9-15)14-11-5-2-6-12(11)16/h10-12,14-16H,2-9H2,1H3/t10?,11-,12-,13?/m1/s1. The molecular weight excluding hydrogens is 202 g/mol. The number of rotatable bonds is 3. The zero-order chi connectivity index (χ0) is 11.6. The van der Waals surface area contributed by atoms with Crippen molar-refractivity contribution in [1.29, 1.82) is 0 Å². The van der Waals surface area contributed by atoms with Crippen LogP contribution in [0.2, 0.25) is 0 Å². The summed E-state index contributed by atoms with van der Waals surface area (Å²) < 4.78 is 0. The summed E-state index contributed by atoms with van der Waals surface area (Å²) in [6.07, 6.45) is 7.43. The van der Waals surface area contributed by atoms with Crippen molar-refractivity contribution in [2.24, 2.45) is 5.92 Å². The number of hydrogen-bond donors (Lipinski definition) is 3. The Labute approximate surface area is 98.2 Å². The fraction of sp³-hybridized carbons (Fsp3) is 1.00. The quantitative estimate of drug-likeness (QED) is 0.683. The van der Waals surface area contributed by atoms with Crippen LogP contribution in [0, 0.1) is 5.92 Å². The molecule has 94 valence electrons. The molecule has 0 spiro atoms. The maximum atomic E-state index is 9.85. The SMILES string of the molecule is CC1CCCC(CO)(N[C@@H]2CCC[C@H]2O)C1. The molecule has 0 amide bonds. The molecule has 2 unspecified atom stereocenters. The predicted octanol–water partition coefficient (Wildman–Crippen LogP) is 1.43. The van der Waals surface area contributed by atoms with Crippen LogP contribution >= 0.6 is 0 Å². The van der Waals surface area contributed by atoms with Crippen molar-refractivity contribution in [3.05, 3.63) is 0 Å². The van der Waals surface area contributed by atoms with E-state index in [4.69, 9.17) is 0 Å². The van der Waals surface area contributed by atoms with Crippen LogP contribution in [-0.4, -0.2) is 34.5 Å². The molecule has 4 atom stereocenters. The molecule has 3 N–H and O–H groups in total. The molecule has 2 aliphatic carbocycles. The molecule has 0 radical (unpaired) electrons. The van der Waals surface area contributed by atoms with Crippen molar-refractivity contribution >= 4 is 0 Å². The van der Waals surface area contributed by atoms with Crippen LogP contribution in [0.5, 0.6) is 0 Å². The monoisotopic (exact) mass is 227 g/mol. The van der Waals surface area contributed by atoms with Crippen LogP contribution in [0.1, 0.15) is 51.9 Å². The molecule has 0 aromatic rings. The van der Waals surface area contributed by atoms with Gasteiger partial charge in [-0.1, -0.05) is 19.8 Å². The molecule has 3 nitrogen and oxygen atoms in total. The van der Waals surface area contributed by atoms with Gasteiger partial charge in [0.2, 0.25) is 0 Å². The van der Waals surface area contributed by atoms with Gasteiger partial charge in [-0.25, -0.2) is 0 Å². The van der Waals surface area contributed by atoms with E-state index >= 15 is 0 Å². The molecule has 2 rings (SSSR count). The zero-order valence-corrected chi connectivity index (χ0v) is 10.3. The van der Waals surface area contributed by atoms with Crippen molar-refractivity contribution in [3.8, 4) is 0 Å². The Balaban J connectivity index is 1.97. The highest BCUT2D eigenvalue weighted by atomic mass is 16.3. The fourth-order valence-electron chi connectivity index (χ4n) is 3.48. The summed E-state index contributed by atoms with van der Waals surface area (Å²) >= 11 is 0. The van der Waals surface area contributed by atoms with Crippen molar-refractivity contribution in [2.45, 2.75) is 69.6 Å². The van der Waals surface area contributed by atoms with Crippen molar-refractivity contribution < 1.29 is 10.2 Å². The average Bonchev–Trinajstić information content (AvgIpc) is 2.64. The van der Waals surface area contributed by atoms with Gasteiger partial charge in [0.05, 0.1) is 12.7 Å². The summed E-state index contributed by atoms with van der Waals surface area (Å²) in [4.78, 5) is 0. The van der Waals surface area contributed by atoms with E-state index in [1.165, 1.54) is 12.8 Å². The van der Waals surface area contributed by atoms with Gasteiger partial charge in [-0.2, -0.15) is 0 Å². The van der Waals surface area contributed by atoms with Crippen LogP contribution < -0.4 is 5.32 Å². The average molecular weight is 227 g/mol. The first-order valence-corrected chi connectivity index (χ1v) is 6.72. The van der Waals surface area contributed by atoms with Crippen molar-refractivity contribution in [2.75, 3.05) is 6.61 Å². The minimum absolute atomic E-state index is 0.117. The maximum absolute atomic E-state index is 9.85. The Bertz CT molecular complexity index is 234. The smallest absolute Gasteiger partial charge is 0.0693 e. The minimum Gasteiger partial charge on any atom is -0.394 e. The van der Waals surface area contributed by atoms with Crippen LogP contribution in [0.4, 0.5) is 0 Å². The van der Waals surface area contributed by atoms with Gasteiger partial charge < -0.3 is 15.5 Å². The lowest BCUT2D eigenvalue weighted by Gasteiger charge is -2.42. The summed E-state index contributed by atoms with van der Waals surface area (Å²) in [6, 6.07) is 0.206. The molecule has 0 bridgehead atoms. The minimum atomic E-state index is -0.208. The Hall–Kier alpha value is -0.120. The van der Waals surface area contributed by atoms with Gasteiger partial charge in [0.15, 0.2) is 0 Å². The fourth-order valence-corrected chi connectivity index (χ4v) is 3.48. The molecule has 0 saturated heterocycles. The number of aliphatic hydroxyl groups is 2. The van der Waals surface area contributed by atoms with Gasteiger partial charge in [0.25, 0.3) is 0 Å². The summed E-state index contributed by atoms with van der Waals surface area (Å²) in [5, 5.41) is 23.1. The molecule has 0 aliphatic heterocycles. The van der Waals surface area contributed by atoms with Crippen LogP contribution in [0.3, 0.4) is 0 Å². The van der Waals surface area contributed by atoms with Crippen molar-refractivity contribution in [3.63, 3.8) is 0 Å². The Morgan fingerprint density at radius 1 is 1.25 bits per heavy atom. The Kier molecular flexibility index (Phi) is 3.88. The lowest BCUT2D eigenvalue weighted by Crippen LogP contribution is -2.57. The molecular formula is C13H25NO2. The first-order valence-electron chi connectivity index (χ1n) is 6.72. The van der Waals surface area contributed by atoms with Gasteiger partial charge in [-0.3, -0.25) is 0 Å². The second-order valence-electron chi connectivity index (χ2n) is 5.89. The second-order valence-corrected chi connectivity index (χ2v) is 5.89. The largest absolute Gasteiger partial charge is 0.394 e. The van der Waals surface area contributed by atoms with Crippen LogP contribution in [0.15, 0.2) is 0 Å². The maximum Gasteiger partial charge on any atom is 0.0693 e. The van der Waals surface area contributed by atoms with E-state index < -0.39 is 0 Å². The molecule has 2 saturated carbocycles. The highest BCUT2D eigenvalue weighted by Crippen LogP contribution is 2.34. The van der Waals surface area contributed by atoms with Crippen LogP contribution in [0.25, 0.3) is 0 Å². The van der Waals surface area contributed by atoms with E-state index in [9.17, 15) is 10.2 Å². The molecule has 0 heterocycles. The molecule has 0 aromatic heterocycles. The lowest BCUT2D eigenvalue weighted by atomic mass is 9.76. The molecule has 16 heavy (non-hydrogen) atoms. The molecule has 2 aliphatic rings. The summed E-state index contributed by atoms with van der Waals surface area (Å²) in [6.45, 7) is 2.47. The second kappa shape index (κ2) is 5.03. The van der Waals surface area contributed by atoms with Gasteiger partial charge in [-0.15, -0.1) is 0 Å². The summed E-state index contributed by atoms with van der Waals surface area (Å²) in [5.41, 5.74) is -0.117. The Morgan fingerprint density at radius 3 is 2.62 bits per heavy atom. The first-order chi connectivity index (χ1) is 7.65. The topological polar surface area (TPSA) is 52.5 Å². The molecule has 0 aromatic carbocycles. The third kappa shape index (κ3) is 2.58. The van der Waals surface area contributed by atoms with E-state index in [0.29, 0.717) is 5.92 Å². The third-order valence-electron chi connectivity index (χ3n) is 4.37. The lowest BCUT2D eigenvalue weighted by molar-refractivity contribution is 0.0607. The highest BCUT2D eigenvalue weighted by Gasteiger charge is 2.38. The van der Waals surface area contributed by atoms with E-state index in [0.717, 1.165) is 32.1 Å². The zero-order valence-electron chi connectivity index (χ0n) is 10.3. The summed E-state index contributed by atoms with van der Waals surface area (Å²) in [5.74, 6) is 0.687. The van der Waals surface area contributed by atoms with Gasteiger partial charge in [-0.05, 0) is 38.0 Å². The molecule has 2 fully saturated rings. The third-order valence-corrected chi connectivity index (χ3v) is 4.37. The van der Waals surface area contributed by atoms with Gasteiger partial charge in [0.1, 0.15) is 0 Å². The van der Waals surface area contributed by atoms with E-state index in [1.54, 1.807) is 0 Å². The van der Waals surface area contributed by atoms with Gasteiger partial charge >= 0.3 is 0 Å². The first kappa shape index (κ1) is 12.3. The van der Waals surface area contributed by atoms with Crippen LogP contribution in [-0.2, 0) is 0 Å². The van der Waals surface area contributed by atoms with E-state index in [1.807, 2.05) is 0 Å². The predicted molar refractivity (Wildman–Crippen MR) is 64.2 cm³/mol. The highest BCUT2D eigenvalue weighted by molar-refractivity contribution is 4.97. The number of nitrogens with one attached hydrogen (secondary N) is 1. The van der Waals surface area contributed by atoms with Crippen molar-refractivity contribution in [1.82, 2.24) is 5.32 Å². The van der Waals surface area contributed by atoms with E-state index in [2.05, 4.69) is 12.2 Å².